The van der Waals surface area contributed by atoms with Crippen LogP contribution in [0.3, 0.4) is 0 Å². The van der Waals surface area contributed by atoms with Crippen LogP contribution in [0.2, 0.25) is 0 Å². The molecule has 1 aliphatic rings. The minimum Gasteiger partial charge on any atom is -0.493 e. The highest BCUT2D eigenvalue weighted by atomic mass is 32.1. The van der Waals surface area contributed by atoms with E-state index in [0.717, 1.165) is 0 Å². The van der Waals surface area contributed by atoms with Gasteiger partial charge in [-0.2, -0.15) is 0 Å². The molecule has 0 saturated carbocycles. The van der Waals surface area contributed by atoms with Gasteiger partial charge in [0.25, 0.3) is 0 Å². The summed E-state index contributed by atoms with van der Waals surface area (Å²) in [5, 5.41) is 14.4. The zero-order chi connectivity index (χ0) is 17.9. The number of cyclic esters (lactones) is 1. The number of hydrogen-bond donors (Lipinski definition) is 3. The Hall–Kier alpha value is -1.97. The topological polar surface area (TPSA) is 83.1 Å². The van der Waals surface area contributed by atoms with Gasteiger partial charge in [0.15, 0.2) is 0 Å². The molecule has 1 saturated heterocycles. The highest BCUT2D eigenvalue weighted by molar-refractivity contribution is 7.78. The molecule has 24 heavy (non-hydrogen) atoms. The third-order valence-corrected chi connectivity index (χ3v) is 3.29. The molecule has 0 bridgehead atoms. The lowest BCUT2D eigenvalue weighted by Gasteiger charge is -2.14. The summed E-state index contributed by atoms with van der Waals surface area (Å²) in [4.78, 5) is 13.1. The Morgan fingerprint density at radius 1 is 1.58 bits per heavy atom. The van der Waals surface area contributed by atoms with Crippen LogP contribution in [0.15, 0.2) is 18.2 Å². The molecule has 0 radical (unpaired) electrons. The number of thiocarbonyl (C=S) groups is 1. The van der Waals surface area contributed by atoms with Gasteiger partial charge in [-0.15, -0.1) is 0 Å². The van der Waals surface area contributed by atoms with E-state index in [0.29, 0.717) is 24.5 Å². The number of amides is 1. The number of carbonyl (C=O) groups is 1. The highest BCUT2D eigenvalue weighted by Crippen LogP contribution is 2.25. The zero-order valence-corrected chi connectivity index (χ0v) is 14.4. The zero-order valence-electron chi connectivity index (χ0n) is 13.6. The van der Waals surface area contributed by atoms with Gasteiger partial charge in [0.2, 0.25) is 0 Å². The molecule has 1 aromatic carbocycles. The summed E-state index contributed by atoms with van der Waals surface area (Å²) >= 11 is 4.21. The fourth-order valence-electron chi connectivity index (χ4n) is 2.07. The molecule has 134 valence electrons. The van der Waals surface area contributed by atoms with Crippen LogP contribution in [0.4, 0.5) is 20.6 Å². The second kappa shape index (κ2) is 10.7. The Morgan fingerprint density at radius 3 is 2.83 bits per heavy atom. The molecule has 1 aromatic rings. The maximum Gasteiger partial charge on any atom is 0.414 e. The quantitative estimate of drug-likeness (QED) is 0.634. The number of benzene rings is 1. The molecular formula is C15H22FN3O4S. The summed E-state index contributed by atoms with van der Waals surface area (Å²) in [6.45, 7) is 1.14. The molecule has 0 aliphatic carbocycles. The van der Waals surface area contributed by atoms with E-state index in [9.17, 15) is 9.18 Å². The number of carbonyl (C=O) groups excluding carboxylic acids is 1. The number of methoxy groups -OCH3 is 1. The van der Waals surface area contributed by atoms with Crippen molar-refractivity contribution in [3.63, 3.8) is 0 Å². The molecule has 2 rings (SSSR count). The number of hydrogen-bond acceptors (Lipinski definition) is 7. The van der Waals surface area contributed by atoms with Gasteiger partial charge in [-0.05, 0) is 37.5 Å². The lowest BCUT2D eigenvalue weighted by atomic mass is 10.2. The molecule has 9 heteroatoms. The van der Waals surface area contributed by atoms with Crippen LogP contribution >= 0.6 is 12.2 Å². The van der Waals surface area contributed by atoms with Gasteiger partial charge in [0.1, 0.15) is 17.5 Å². The Morgan fingerprint density at radius 2 is 2.29 bits per heavy atom. The number of halogens is 1. The van der Waals surface area contributed by atoms with Gasteiger partial charge in [-0.1, -0.05) is 0 Å². The number of anilines is 2. The van der Waals surface area contributed by atoms with Crippen molar-refractivity contribution in [2.75, 3.05) is 50.6 Å². The van der Waals surface area contributed by atoms with Gasteiger partial charge >= 0.3 is 6.09 Å². The van der Waals surface area contributed by atoms with Gasteiger partial charge in [0.05, 0.1) is 31.6 Å². The first-order valence-electron chi connectivity index (χ1n) is 7.30. The number of nitrogens with one attached hydrogen (secondary N) is 2. The maximum atomic E-state index is 13.9. The van der Waals surface area contributed by atoms with E-state index in [1.165, 1.54) is 23.6 Å². The number of aliphatic hydroxyl groups excluding tert-OH is 1. The second-order valence-electron chi connectivity index (χ2n) is 4.82. The number of rotatable bonds is 7. The van der Waals surface area contributed by atoms with Crippen molar-refractivity contribution in [3.8, 4) is 0 Å². The van der Waals surface area contributed by atoms with Gasteiger partial charge in [-0.25, -0.2) is 9.18 Å². The highest BCUT2D eigenvalue weighted by Gasteiger charge is 2.32. The summed E-state index contributed by atoms with van der Waals surface area (Å²) in [5.41, 5.74) is 1.96. The van der Waals surface area contributed by atoms with Gasteiger partial charge in [0, 0.05) is 13.1 Å². The lowest BCUT2D eigenvalue weighted by Crippen LogP contribution is -2.29. The van der Waals surface area contributed by atoms with Crippen LogP contribution < -0.4 is 15.5 Å². The van der Waals surface area contributed by atoms with E-state index in [1.54, 1.807) is 19.2 Å². The Labute approximate surface area is 145 Å². The maximum absolute atomic E-state index is 13.9. The summed E-state index contributed by atoms with van der Waals surface area (Å²) in [6.07, 6.45) is -0.705. The lowest BCUT2D eigenvalue weighted by molar-refractivity contribution is 0.141. The van der Waals surface area contributed by atoms with Crippen molar-refractivity contribution in [2.45, 2.75) is 6.10 Å². The molecule has 1 heterocycles. The first-order valence-corrected chi connectivity index (χ1v) is 7.78. The van der Waals surface area contributed by atoms with Crippen molar-refractivity contribution in [2.24, 2.45) is 0 Å². The summed E-state index contributed by atoms with van der Waals surface area (Å²) in [7, 11) is 3.30. The Bertz CT molecular complexity index is 547. The number of aliphatic hydroxyl groups is 1. The largest absolute Gasteiger partial charge is 0.493 e. The summed E-state index contributed by atoms with van der Waals surface area (Å²) in [6, 6.07) is 4.47. The molecule has 0 aromatic heterocycles. The second-order valence-corrected chi connectivity index (χ2v) is 5.01. The molecule has 3 N–H and O–H groups in total. The summed E-state index contributed by atoms with van der Waals surface area (Å²) in [5.74, 6) is -0.471. The normalized spacial score (nSPS) is 16.1. The number of likely N-dealkylation sites (N-methyl/N-ethyl adjacent to an activating group) is 1. The number of ether oxygens (including phenoxy) is 2. The first kappa shape index (κ1) is 20.1. The third-order valence-electron chi connectivity index (χ3n) is 3.09. The Balaban J connectivity index is 0.000000648. The van der Waals surface area contributed by atoms with Crippen LogP contribution in [-0.4, -0.2) is 63.3 Å². The first-order chi connectivity index (χ1) is 11.6. The van der Waals surface area contributed by atoms with Crippen LogP contribution in [0.25, 0.3) is 0 Å². The van der Waals surface area contributed by atoms with Crippen molar-refractivity contribution in [3.05, 3.63) is 24.0 Å². The predicted octanol–water partition coefficient (Wildman–Crippen LogP) is 1.36. The van der Waals surface area contributed by atoms with Crippen LogP contribution in [0, 0.1) is 5.82 Å². The third kappa shape index (κ3) is 5.91. The van der Waals surface area contributed by atoms with E-state index < -0.39 is 11.9 Å². The average molecular weight is 359 g/mol. The predicted molar refractivity (Wildman–Crippen MR) is 94.2 cm³/mol. The Kier molecular flexibility index (Phi) is 8.98. The van der Waals surface area contributed by atoms with E-state index in [-0.39, 0.29) is 19.3 Å². The monoisotopic (exact) mass is 359 g/mol. The molecule has 1 atom stereocenters. The minimum absolute atomic E-state index is 0.0780. The fraction of sp³-hybridized carbons (Fsp3) is 0.467. The van der Waals surface area contributed by atoms with Gasteiger partial charge < -0.3 is 25.2 Å². The van der Waals surface area contributed by atoms with Crippen LogP contribution in [0.5, 0.6) is 0 Å². The summed E-state index contributed by atoms with van der Waals surface area (Å²) < 4.78 is 23.3. The van der Waals surface area contributed by atoms with Gasteiger partial charge in [-0.3, -0.25) is 4.90 Å². The van der Waals surface area contributed by atoms with E-state index >= 15 is 0 Å². The van der Waals surface area contributed by atoms with E-state index in [2.05, 4.69) is 27.6 Å². The molecule has 1 aliphatic heterocycles. The average Bonchev–Trinajstić information content (AvgIpc) is 2.95. The van der Waals surface area contributed by atoms with E-state index in [4.69, 9.17) is 9.84 Å². The van der Waals surface area contributed by atoms with E-state index in [1.807, 2.05) is 0 Å². The smallest absolute Gasteiger partial charge is 0.414 e. The minimum atomic E-state index is -0.472. The van der Waals surface area contributed by atoms with Crippen LogP contribution in [-0.2, 0) is 9.47 Å². The molecular weight excluding hydrogens is 337 g/mol. The standard InChI is InChI=1S/C13H18FN3O3.C2H4OS/c1-15-7-10-8-17(13(19)20-10)9-2-3-12(11(14)6-9)16-4-5-18;1-3-2-4/h2-3,6,10,15-16,18H,4-5,7-8H2,1H3;2H,1H3. The van der Waals surface area contributed by atoms with Crippen molar-refractivity contribution < 1.29 is 23.8 Å². The molecule has 0 spiro atoms. The fourth-order valence-corrected chi connectivity index (χ4v) is 2.07. The molecule has 1 unspecified atom stereocenters. The van der Waals surface area contributed by atoms with Crippen molar-refractivity contribution in [1.82, 2.24) is 5.32 Å². The van der Waals surface area contributed by atoms with Crippen molar-refractivity contribution in [1.29, 1.82) is 0 Å². The number of nitrogens with zero attached hydrogens (tertiary/aromatic N) is 1. The molecule has 1 fully saturated rings. The van der Waals surface area contributed by atoms with Crippen LogP contribution in [0.1, 0.15) is 0 Å². The van der Waals surface area contributed by atoms with Crippen molar-refractivity contribution >= 4 is 35.2 Å². The SMILES string of the molecule is CNCC1CN(c2ccc(NCCO)c(F)c2)C(=O)O1.COC=S. The molecule has 7 nitrogen and oxygen atoms in total. The molecule has 1 amide bonds.